The molecule has 7 nitrogen and oxygen atoms in total. The molecule has 2 N–H and O–H groups in total. The zero-order chi connectivity index (χ0) is 18.0. The van der Waals surface area contributed by atoms with E-state index in [1.54, 1.807) is 18.2 Å². The Hall–Kier alpha value is -1.81. The Bertz CT molecular complexity index is 954. The molecule has 2 aromatic heterocycles. The maximum atomic E-state index is 12.4. The fourth-order valence-corrected chi connectivity index (χ4v) is 3.94. The first-order valence-corrected chi connectivity index (χ1v) is 9.23. The van der Waals surface area contributed by atoms with Crippen molar-refractivity contribution in [2.24, 2.45) is 0 Å². The SMILES string of the molecule is CCCn1nnc(NC(=S)NC(=O)c2sc3cc(Cl)ccc3c2Cl)n1. The summed E-state index contributed by atoms with van der Waals surface area (Å²) in [6, 6.07) is 5.26. The molecule has 3 rings (SSSR count). The monoisotopic (exact) mass is 414 g/mol. The Kier molecular flexibility index (Phi) is 5.48. The van der Waals surface area contributed by atoms with Gasteiger partial charge in [-0.3, -0.25) is 15.4 Å². The van der Waals surface area contributed by atoms with Gasteiger partial charge in [-0.25, -0.2) is 0 Å². The molecule has 0 radical (unpaired) electrons. The summed E-state index contributed by atoms with van der Waals surface area (Å²) in [7, 11) is 0. The lowest BCUT2D eigenvalue weighted by Gasteiger charge is -2.05. The van der Waals surface area contributed by atoms with Crippen molar-refractivity contribution < 1.29 is 4.79 Å². The molecule has 0 bridgehead atoms. The largest absolute Gasteiger partial charge is 0.298 e. The number of hydrogen-bond donors (Lipinski definition) is 2. The molecule has 0 aliphatic carbocycles. The van der Waals surface area contributed by atoms with Gasteiger partial charge in [0.2, 0.25) is 0 Å². The maximum absolute atomic E-state index is 12.4. The molecule has 1 aromatic carbocycles. The van der Waals surface area contributed by atoms with Crippen LogP contribution in [0.5, 0.6) is 0 Å². The van der Waals surface area contributed by atoms with Crippen molar-refractivity contribution in [2.75, 3.05) is 5.32 Å². The van der Waals surface area contributed by atoms with Gasteiger partial charge >= 0.3 is 0 Å². The number of tetrazole rings is 1. The van der Waals surface area contributed by atoms with Crippen molar-refractivity contribution in [2.45, 2.75) is 19.9 Å². The fourth-order valence-electron chi connectivity index (χ4n) is 2.07. The van der Waals surface area contributed by atoms with Gasteiger partial charge in [0.05, 0.1) is 11.6 Å². The summed E-state index contributed by atoms with van der Waals surface area (Å²) in [5.74, 6) is -0.200. The van der Waals surface area contributed by atoms with Crippen LogP contribution in [0.1, 0.15) is 23.0 Å². The molecule has 1 amide bonds. The lowest BCUT2D eigenvalue weighted by Crippen LogP contribution is -2.34. The zero-order valence-corrected chi connectivity index (χ0v) is 16.1. The molecular formula is C14H12Cl2N6OS2. The van der Waals surface area contributed by atoms with E-state index in [1.807, 2.05) is 6.92 Å². The first-order chi connectivity index (χ1) is 12.0. The van der Waals surface area contributed by atoms with Crippen LogP contribution < -0.4 is 10.6 Å². The second kappa shape index (κ2) is 7.61. The number of thiophene rings is 1. The van der Waals surface area contributed by atoms with Crippen molar-refractivity contribution in [1.82, 2.24) is 25.5 Å². The van der Waals surface area contributed by atoms with E-state index >= 15 is 0 Å². The number of fused-ring (bicyclic) bond motifs is 1. The van der Waals surface area contributed by atoms with Crippen LogP contribution in [0.25, 0.3) is 10.1 Å². The summed E-state index contributed by atoms with van der Waals surface area (Å²) in [4.78, 5) is 14.2. The average Bonchev–Trinajstić information content (AvgIpc) is 3.12. The van der Waals surface area contributed by atoms with Crippen LogP contribution in [0.15, 0.2) is 18.2 Å². The van der Waals surface area contributed by atoms with E-state index in [9.17, 15) is 4.79 Å². The molecule has 0 spiro atoms. The number of halogens is 2. The summed E-state index contributed by atoms with van der Waals surface area (Å²) in [6.45, 7) is 2.65. The van der Waals surface area contributed by atoms with Crippen LogP contribution in [-0.4, -0.2) is 31.2 Å². The number of nitrogens with one attached hydrogen (secondary N) is 2. The van der Waals surface area contributed by atoms with Crippen LogP contribution >= 0.6 is 46.8 Å². The number of aromatic nitrogens is 4. The number of aryl methyl sites for hydroxylation is 1. The van der Waals surface area contributed by atoms with Gasteiger partial charge in [-0.1, -0.05) is 41.3 Å². The summed E-state index contributed by atoms with van der Waals surface area (Å²) in [6.07, 6.45) is 0.880. The van der Waals surface area contributed by atoms with Crippen molar-refractivity contribution in [1.29, 1.82) is 0 Å². The lowest BCUT2D eigenvalue weighted by atomic mass is 10.2. The Labute approximate surface area is 162 Å². The highest BCUT2D eigenvalue weighted by Crippen LogP contribution is 2.36. The quantitative estimate of drug-likeness (QED) is 0.632. The van der Waals surface area contributed by atoms with Crippen LogP contribution in [-0.2, 0) is 6.54 Å². The normalized spacial score (nSPS) is 10.8. The average molecular weight is 415 g/mol. The molecule has 0 saturated heterocycles. The third-order valence-electron chi connectivity index (χ3n) is 3.13. The molecule has 0 atom stereocenters. The van der Waals surface area contributed by atoms with Crippen molar-refractivity contribution in [3.05, 3.63) is 33.1 Å². The van der Waals surface area contributed by atoms with E-state index in [0.717, 1.165) is 16.5 Å². The fraction of sp³-hybridized carbons (Fsp3) is 0.214. The zero-order valence-electron chi connectivity index (χ0n) is 12.9. The third kappa shape index (κ3) is 4.06. The van der Waals surface area contributed by atoms with Crippen LogP contribution in [0.3, 0.4) is 0 Å². The van der Waals surface area contributed by atoms with Crippen molar-refractivity contribution in [3.63, 3.8) is 0 Å². The predicted molar refractivity (Wildman–Crippen MR) is 104 cm³/mol. The Morgan fingerprint density at radius 3 is 2.96 bits per heavy atom. The number of carbonyl (C=O) groups is 1. The van der Waals surface area contributed by atoms with Gasteiger partial charge in [0.15, 0.2) is 5.11 Å². The van der Waals surface area contributed by atoms with Gasteiger partial charge in [0.1, 0.15) is 4.88 Å². The summed E-state index contributed by atoms with van der Waals surface area (Å²) in [5, 5.41) is 18.8. The minimum absolute atomic E-state index is 0.0626. The molecule has 3 aromatic rings. The van der Waals surface area contributed by atoms with Gasteiger partial charge in [-0.2, -0.15) is 4.80 Å². The summed E-state index contributed by atoms with van der Waals surface area (Å²) >= 11 is 18.6. The minimum Gasteiger partial charge on any atom is -0.298 e. The molecular weight excluding hydrogens is 403 g/mol. The van der Waals surface area contributed by atoms with Crippen LogP contribution in [0.4, 0.5) is 5.95 Å². The third-order valence-corrected chi connectivity index (χ3v) is 5.22. The van der Waals surface area contributed by atoms with Gasteiger partial charge in [-0.05, 0) is 36.0 Å². The molecule has 25 heavy (non-hydrogen) atoms. The predicted octanol–water partition coefficient (Wildman–Crippen LogP) is 3.73. The Balaban J connectivity index is 1.71. The van der Waals surface area contributed by atoms with Gasteiger partial charge in [0.25, 0.3) is 11.9 Å². The van der Waals surface area contributed by atoms with Gasteiger partial charge in [-0.15, -0.1) is 16.4 Å². The number of nitrogens with zero attached hydrogens (tertiary/aromatic N) is 4. The molecule has 0 saturated carbocycles. The maximum Gasteiger partial charge on any atom is 0.269 e. The molecule has 0 fully saturated rings. The minimum atomic E-state index is -0.416. The van der Waals surface area contributed by atoms with Crippen LogP contribution in [0.2, 0.25) is 10.0 Å². The smallest absolute Gasteiger partial charge is 0.269 e. The first-order valence-electron chi connectivity index (χ1n) is 7.25. The van der Waals surface area contributed by atoms with E-state index < -0.39 is 5.91 Å². The number of rotatable bonds is 4. The number of benzene rings is 1. The summed E-state index contributed by atoms with van der Waals surface area (Å²) in [5.41, 5.74) is 0. The van der Waals surface area contributed by atoms with E-state index in [0.29, 0.717) is 21.5 Å². The standard InChI is InChI=1S/C14H12Cl2N6OS2/c1-2-5-22-20-13(19-21-22)18-14(24)17-12(23)11-10(16)8-4-3-7(15)6-9(8)25-11/h3-4,6H,2,5H2,1H3,(H2,17,18,20,23,24). The van der Waals surface area contributed by atoms with Crippen molar-refractivity contribution >= 4 is 73.8 Å². The molecule has 0 aliphatic rings. The number of thiocarbonyl (C=S) groups is 1. The Morgan fingerprint density at radius 2 is 2.20 bits per heavy atom. The van der Waals surface area contributed by atoms with Crippen LogP contribution in [0, 0.1) is 0 Å². The second-order valence-corrected chi connectivity index (χ2v) is 7.28. The number of carbonyl (C=O) groups excluding carboxylic acids is 1. The molecule has 130 valence electrons. The van der Waals surface area contributed by atoms with Gasteiger partial charge < -0.3 is 0 Å². The van der Waals surface area contributed by atoms with E-state index in [1.165, 1.54) is 16.1 Å². The highest BCUT2D eigenvalue weighted by molar-refractivity contribution is 7.80. The highest BCUT2D eigenvalue weighted by atomic mass is 35.5. The molecule has 0 unspecified atom stereocenters. The van der Waals surface area contributed by atoms with E-state index in [2.05, 4.69) is 26.0 Å². The topological polar surface area (TPSA) is 84.7 Å². The Morgan fingerprint density at radius 1 is 1.40 bits per heavy atom. The van der Waals surface area contributed by atoms with Gasteiger partial charge in [0, 0.05) is 15.1 Å². The highest BCUT2D eigenvalue weighted by Gasteiger charge is 2.18. The number of amides is 1. The van der Waals surface area contributed by atoms with E-state index in [4.69, 9.17) is 35.4 Å². The number of anilines is 1. The molecule has 0 aliphatic heterocycles. The lowest BCUT2D eigenvalue weighted by molar-refractivity contribution is 0.0982. The summed E-state index contributed by atoms with van der Waals surface area (Å²) < 4.78 is 0.825. The van der Waals surface area contributed by atoms with Crippen molar-refractivity contribution in [3.8, 4) is 0 Å². The first kappa shape index (κ1) is 18.0. The van der Waals surface area contributed by atoms with E-state index in [-0.39, 0.29) is 11.1 Å². The number of hydrogen-bond acceptors (Lipinski definition) is 6. The molecule has 2 heterocycles. The second-order valence-electron chi connectivity index (χ2n) is 5.00. The molecule has 11 heteroatoms.